The van der Waals surface area contributed by atoms with Crippen molar-refractivity contribution in [3.63, 3.8) is 0 Å². The van der Waals surface area contributed by atoms with E-state index in [2.05, 4.69) is 14.5 Å². The molecule has 0 bridgehead atoms. The number of carbonyl (C=O) groups is 1. The Labute approximate surface area is 108 Å². The molecule has 20 heavy (non-hydrogen) atoms. The normalized spacial score (nSPS) is 11.6. The van der Waals surface area contributed by atoms with Crippen LogP contribution in [0.2, 0.25) is 0 Å². The van der Waals surface area contributed by atoms with Crippen molar-refractivity contribution in [1.82, 2.24) is 4.98 Å². The van der Waals surface area contributed by atoms with E-state index >= 15 is 0 Å². The number of alkyl halides is 5. The summed E-state index contributed by atoms with van der Waals surface area (Å²) in [5, 5.41) is 0. The summed E-state index contributed by atoms with van der Waals surface area (Å²) in [5.41, 5.74) is -2.71. The van der Waals surface area contributed by atoms with Crippen molar-refractivity contribution >= 4 is 5.97 Å². The lowest BCUT2D eigenvalue weighted by atomic mass is 10.2. The third-order valence-electron chi connectivity index (χ3n) is 1.93. The van der Waals surface area contributed by atoms with Crippen molar-refractivity contribution in [1.29, 1.82) is 0 Å². The molecule has 0 fully saturated rings. The molecule has 0 saturated carbocycles. The molecule has 0 saturated heterocycles. The van der Waals surface area contributed by atoms with Gasteiger partial charge in [0.05, 0.1) is 18.4 Å². The largest absolute Gasteiger partial charge is 0.573 e. The minimum absolute atomic E-state index is 0.182. The van der Waals surface area contributed by atoms with Gasteiger partial charge >= 0.3 is 12.3 Å². The molecule has 4 nitrogen and oxygen atoms in total. The molecular formula is C10H7F6NO3. The second-order valence-electron chi connectivity index (χ2n) is 3.27. The van der Waals surface area contributed by atoms with Crippen LogP contribution in [-0.4, -0.2) is 23.9 Å². The lowest BCUT2D eigenvalue weighted by Gasteiger charge is -2.13. The van der Waals surface area contributed by atoms with E-state index in [0.717, 1.165) is 0 Å². The molecule has 1 heterocycles. The van der Waals surface area contributed by atoms with Crippen LogP contribution in [0, 0.1) is 5.82 Å². The fourth-order valence-corrected chi connectivity index (χ4v) is 1.24. The monoisotopic (exact) mass is 303 g/mol. The molecule has 1 aromatic rings. The number of hydrogen-bond acceptors (Lipinski definition) is 4. The molecule has 0 N–H and O–H groups in total. The fourth-order valence-electron chi connectivity index (χ4n) is 1.24. The maximum absolute atomic E-state index is 13.6. The van der Waals surface area contributed by atoms with Gasteiger partial charge in [0.25, 0.3) is 6.43 Å². The first-order valence-electron chi connectivity index (χ1n) is 5.06. The van der Waals surface area contributed by atoms with Gasteiger partial charge in [-0.15, -0.1) is 13.2 Å². The Morgan fingerprint density at radius 1 is 1.40 bits per heavy atom. The average molecular weight is 303 g/mol. The molecule has 0 aliphatic heterocycles. The van der Waals surface area contributed by atoms with Crippen LogP contribution in [0.1, 0.15) is 29.4 Å². The van der Waals surface area contributed by atoms with Crippen LogP contribution in [0.15, 0.2) is 6.20 Å². The minimum atomic E-state index is -5.28. The maximum Gasteiger partial charge on any atom is 0.573 e. The van der Waals surface area contributed by atoms with E-state index < -0.39 is 41.6 Å². The van der Waals surface area contributed by atoms with Gasteiger partial charge in [-0.25, -0.2) is 22.9 Å². The molecular weight excluding hydrogens is 296 g/mol. The van der Waals surface area contributed by atoms with E-state index in [4.69, 9.17) is 0 Å². The van der Waals surface area contributed by atoms with Crippen molar-refractivity contribution < 1.29 is 40.6 Å². The zero-order chi connectivity index (χ0) is 15.5. The molecule has 0 spiro atoms. The van der Waals surface area contributed by atoms with E-state index in [1.54, 1.807) is 0 Å². The Hall–Kier alpha value is -2.00. The molecule has 1 aromatic heterocycles. The highest BCUT2D eigenvalue weighted by atomic mass is 19.4. The molecule has 0 aliphatic rings. The van der Waals surface area contributed by atoms with E-state index in [9.17, 15) is 31.1 Å². The van der Waals surface area contributed by atoms with Crippen LogP contribution in [0.5, 0.6) is 5.75 Å². The first-order chi connectivity index (χ1) is 9.17. The van der Waals surface area contributed by atoms with E-state index in [1.165, 1.54) is 6.92 Å². The number of aromatic nitrogens is 1. The average Bonchev–Trinajstić information content (AvgIpc) is 2.29. The highest BCUT2D eigenvalue weighted by molar-refractivity contribution is 5.89. The van der Waals surface area contributed by atoms with Crippen molar-refractivity contribution in [2.45, 2.75) is 19.7 Å². The minimum Gasteiger partial charge on any atom is -0.461 e. The molecule has 0 aromatic carbocycles. The zero-order valence-corrected chi connectivity index (χ0v) is 9.80. The quantitative estimate of drug-likeness (QED) is 0.633. The Morgan fingerprint density at radius 3 is 2.45 bits per heavy atom. The van der Waals surface area contributed by atoms with Crippen LogP contribution in [0.25, 0.3) is 0 Å². The van der Waals surface area contributed by atoms with Crippen LogP contribution >= 0.6 is 0 Å². The molecule has 0 unspecified atom stereocenters. The summed E-state index contributed by atoms with van der Waals surface area (Å²) in [6.07, 6.45) is -8.67. The number of pyridine rings is 1. The Bertz CT molecular complexity index is 503. The Morgan fingerprint density at radius 2 is 2.00 bits per heavy atom. The van der Waals surface area contributed by atoms with Gasteiger partial charge in [-0.1, -0.05) is 0 Å². The summed E-state index contributed by atoms with van der Waals surface area (Å²) >= 11 is 0. The number of ether oxygens (including phenoxy) is 2. The Kier molecular flexibility index (Phi) is 4.79. The highest BCUT2D eigenvalue weighted by Crippen LogP contribution is 2.33. The van der Waals surface area contributed by atoms with Crippen LogP contribution in [-0.2, 0) is 4.74 Å². The van der Waals surface area contributed by atoms with Crippen LogP contribution in [0.3, 0.4) is 0 Å². The molecule has 0 aliphatic carbocycles. The number of esters is 1. The van der Waals surface area contributed by atoms with Crippen molar-refractivity contribution in [2.24, 2.45) is 0 Å². The lowest BCUT2D eigenvalue weighted by molar-refractivity contribution is -0.275. The third kappa shape index (κ3) is 3.75. The smallest absolute Gasteiger partial charge is 0.461 e. The number of carbonyl (C=O) groups excluding carboxylic acids is 1. The highest BCUT2D eigenvalue weighted by Gasteiger charge is 2.35. The van der Waals surface area contributed by atoms with Gasteiger partial charge in [0.1, 0.15) is 0 Å². The molecule has 0 amide bonds. The second kappa shape index (κ2) is 5.97. The zero-order valence-electron chi connectivity index (χ0n) is 9.80. The molecule has 0 atom stereocenters. The fraction of sp³-hybridized carbons (Fsp3) is 0.400. The summed E-state index contributed by atoms with van der Waals surface area (Å²) in [4.78, 5) is 14.3. The van der Waals surface area contributed by atoms with Gasteiger partial charge in [-0.2, -0.15) is 0 Å². The van der Waals surface area contributed by atoms with Crippen molar-refractivity contribution in [2.75, 3.05) is 6.61 Å². The predicted molar refractivity (Wildman–Crippen MR) is 51.8 cm³/mol. The van der Waals surface area contributed by atoms with Gasteiger partial charge in [0.15, 0.2) is 17.3 Å². The van der Waals surface area contributed by atoms with Crippen molar-refractivity contribution in [3.8, 4) is 5.75 Å². The van der Waals surface area contributed by atoms with E-state index in [0.29, 0.717) is 0 Å². The first kappa shape index (κ1) is 16.1. The summed E-state index contributed by atoms with van der Waals surface area (Å²) in [7, 11) is 0. The standard InChI is InChI=1S/C10H7F6NO3/c1-2-19-9(18)7-5(8(12)13)6(11)4(3-17-7)20-10(14,15)16/h3,8H,2H2,1H3. The number of halogens is 6. The van der Waals surface area contributed by atoms with Gasteiger partial charge in [-0.3, -0.25) is 0 Å². The second-order valence-corrected chi connectivity index (χ2v) is 3.27. The SMILES string of the molecule is CCOC(=O)c1ncc(OC(F)(F)F)c(F)c1C(F)F. The summed E-state index contributed by atoms with van der Waals surface area (Å²) in [6, 6.07) is 0. The number of hydrogen-bond donors (Lipinski definition) is 0. The first-order valence-corrected chi connectivity index (χ1v) is 5.06. The predicted octanol–water partition coefficient (Wildman–Crippen LogP) is 3.23. The van der Waals surface area contributed by atoms with Crippen LogP contribution < -0.4 is 4.74 Å². The lowest BCUT2D eigenvalue weighted by Crippen LogP contribution is -2.20. The van der Waals surface area contributed by atoms with Crippen molar-refractivity contribution in [3.05, 3.63) is 23.3 Å². The van der Waals surface area contributed by atoms with Gasteiger partial charge < -0.3 is 9.47 Å². The summed E-state index contributed by atoms with van der Waals surface area (Å²) in [6.45, 7) is 1.16. The molecule has 1 rings (SSSR count). The van der Waals surface area contributed by atoms with Crippen LogP contribution in [0.4, 0.5) is 26.3 Å². The summed E-state index contributed by atoms with van der Waals surface area (Å²) < 4.78 is 82.3. The van der Waals surface area contributed by atoms with Gasteiger partial charge in [0.2, 0.25) is 0 Å². The van der Waals surface area contributed by atoms with E-state index in [1.807, 2.05) is 0 Å². The molecule has 0 radical (unpaired) electrons. The molecule has 10 heteroatoms. The maximum atomic E-state index is 13.6. The van der Waals surface area contributed by atoms with Gasteiger partial charge in [-0.05, 0) is 6.92 Å². The number of nitrogens with zero attached hydrogens (tertiary/aromatic N) is 1. The van der Waals surface area contributed by atoms with Gasteiger partial charge in [0, 0.05) is 0 Å². The topological polar surface area (TPSA) is 48.4 Å². The molecule has 112 valence electrons. The number of rotatable bonds is 4. The Balaban J connectivity index is 3.31. The third-order valence-corrected chi connectivity index (χ3v) is 1.93. The van der Waals surface area contributed by atoms with E-state index in [-0.39, 0.29) is 12.8 Å². The summed E-state index contributed by atoms with van der Waals surface area (Å²) in [5.74, 6) is -4.95.